The van der Waals surface area contributed by atoms with E-state index in [9.17, 15) is 5.21 Å². The molecule has 0 amide bonds. The number of fused-ring (bicyclic) bond motifs is 3. The minimum absolute atomic E-state index is 0.0412. The van der Waals surface area contributed by atoms with E-state index in [2.05, 4.69) is 18.3 Å². The third kappa shape index (κ3) is 2.91. The molecular weight excluding hydrogens is 376 g/mol. The summed E-state index contributed by atoms with van der Waals surface area (Å²) in [6, 6.07) is 7.67. The van der Waals surface area contributed by atoms with E-state index in [1.165, 1.54) is 10.5 Å². The topological polar surface area (TPSA) is 83.2 Å². The van der Waals surface area contributed by atoms with E-state index in [0.29, 0.717) is 35.1 Å². The van der Waals surface area contributed by atoms with Gasteiger partial charge in [-0.15, -0.1) is 0 Å². The number of ether oxygens (including phenoxy) is 5. The Labute approximate surface area is 168 Å². The van der Waals surface area contributed by atoms with Crippen molar-refractivity contribution < 1.29 is 33.8 Å². The van der Waals surface area contributed by atoms with Crippen molar-refractivity contribution in [3.8, 4) is 28.7 Å². The van der Waals surface area contributed by atoms with Gasteiger partial charge < -0.3 is 33.8 Å². The zero-order chi connectivity index (χ0) is 20.0. The molecule has 0 radical (unpaired) electrons. The number of nitrogens with one attached hydrogen (secondary N) is 1. The van der Waals surface area contributed by atoms with Gasteiger partial charge in [0.15, 0.2) is 23.0 Å². The molecule has 3 aliphatic heterocycles. The maximum absolute atomic E-state index is 9.80. The van der Waals surface area contributed by atoms with E-state index in [-0.39, 0.29) is 19.6 Å². The maximum atomic E-state index is 9.80. The summed E-state index contributed by atoms with van der Waals surface area (Å²) in [7, 11) is 3.80. The lowest BCUT2D eigenvalue weighted by atomic mass is 9.87. The van der Waals surface area contributed by atoms with Crippen molar-refractivity contribution in [2.45, 2.75) is 18.9 Å². The van der Waals surface area contributed by atoms with E-state index in [1.807, 2.05) is 18.2 Å². The van der Waals surface area contributed by atoms with Crippen LogP contribution < -0.4 is 28.6 Å². The standard InChI is InChI=1S/C21H22N2O6/c1-23-6-5-13-8-18-20(29-11-28-18)21(25-2)19(13)15(23)9-14(22-24)12-3-4-16-17(7-12)27-10-26-16/h3-4,7-8,15,24H,5-6,9-11H2,1-2H3/p+1/b22-14+/t15-/m1/s1. The van der Waals surface area contributed by atoms with Gasteiger partial charge in [0, 0.05) is 12.0 Å². The van der Waals surface area contributed by atoms with Crippen LogP contribution in [0, 0.1) is 0 Å². The molecule has 1 unspecified atom stereocenters. The van der Waals surface area contributed by atoms with Crippen LogP contribution in [0.1, 0.15) is 29.2 Å². The summed E-state index contributed by atoms with van der Waals surface area (Å²) in [6.07, 6.45) is 1.45. The fourth-order valence-electron chi connectivity index (χ4n) is 4.38. The highest BCUT2D eigenvalue weighted by Crippen LogP contribution is 2.48. The SMILES string of the molecule is COc1c2c(cc3c1[C@@H](C/C(=N\O)c1ccc4c(c1)OCO4)[NH+](C)CC3)OCO2. The van der Waals surface area contributed by atoms with Crippen molar-refractivity contribution in [2.75, 3.05) is 34.3 Å². The molecule has 2 aromatic rings. The summed E-state index contributed by atoms with van der Waals surface area (Å²) in [5.74, 6) is 3.45. The lowest BCUT2D eigenvalue weighted by Crippen LogP contribution is -3.10. The van der Waals surface area contributed by atoms with Crippen LogP contribution in [0.4, 0.5) is 0 Å². The third-order valence-electron chi connectivity index (χ3n) is 5.90. The lowest BCUT2D eigenvalue weighted by molar-refractivity contribution is -0.913. The summed E-state index contributed by atoms with van der Waals surface area (Å²) in [6.45, 7) is 1.36. The van der Waals surface area contributed by atoms with Crippen LogP contribution in [0.25, 0.3) is 0 Å². The molecule has 8 heteroatoms. The molecule has 2 N–H and O–H groups in total. The van der Waals surface area contributed by atoms with E-state index in [1.54, 1.807) is 7.11 Å². The molecule has 0 saturated heterocycles. The molecule has 8 nitrogen and oxygen atoms in total. The van der Waals surface area contributed by atoms with Crippen molar-refractivity contribution in [3.63, 3.8) is 0 Å². The third-order valence-corrected chi connectivity index (χ3v) is 5.90. The van der Waals surface area contributed by atoms with E-state index in [4.69, 9.17) is 23.7 Å². The van der Waals surface area contributed by atoms with Gasteiger partial charge in [-0.3, -0.25) is 0 Å². The second kappa shape index (κ2) is 7.04. The first kappa shape index (κ1) is 17.9. The maximum Gasteiger partial charge on any atom is 0.231 e. The molecule has 29 heavy (non-hydrogen) atoms. The normalized spacial score (nSPS) is 21.8. The van der Waals surface area contributed by atoms with Gasteiger partial charge in [0.1, 0.15) is 6.04 Å². The number of oxime groups is 1. The number of rotatable bonds is 4. The average molecular weight is 399 g/mol. The van der Waals surface area contributed by atoms with Gasteiger partial charge in [-0.05, 0) is 29.8 Å². The quantitative estimate of drug-likeness (QED) is 0.461. The van der Waals surface area contributed by atoms with Crippen molar-refractivity contribution in [1.82, 2.24) is 0 Å². The van der Waals surface area contributed by atoms with Crippen LogP contribution in [0.5, 0.6) is 28.7 Å². The molecule has 3 heterocycles. The van der Waals surface area contributed by atoms with Gasteiger partial charge in [-0.2, -0.15) is 0 Å². The molecule has 152 valence electrons. The van der Waals surface area contributed by atoms with Crippen LogP contribution >= 0.6 is 0 Å². The number of quaternary nitrogens is 1. The van der Waals surface area contributed by atoms with Crippen LogP contribution in [0.2, 0.25) is 0 Å². The van der Waals surface area contributed by atoms with Crippen LogP contribution in [-0.4, -0.2) is 45.2 Å². The number of methoxy groups -OCH3 is 1. The van der Waals surface area contributed by atoms with Crippen LogP contribution in [-0.2, 0) is 6.42 Å². The summed E-state index contributed by atoms with van der Waals surface area (Å²) in [4.78, 5) is 1.32. The highest BCUT2D eigenvalue weighted by molar-refractivity contribution is 6.01. The zero-order valence-corrected chi connectivity index (χ0v) is 16.4. The molecule has 0 fully saturated rings. The molecule has 0 aliphatic carbocycles. The van der Waals surface area contributed by atoms with Gasteiger partial charge >= 0.3 is 0 Å². The highest BCUT2D eigenvalue weighted by Gasteiger charge is 2.37. The first-order chi connectivity index (χ1) is 14.2. The predicted octanol–water partition coefficient (Wildman–Crippen LogP) is 1.53. The van der Waals surface area contributed by atoms with Crippen LogP contribution in [0.3, 0.4) is 0 Å². The van der Waals surface area contributed by atoms with Gasteiger partial charge in [0.05, 0.1) is 38.4 Å². The predicted molar refractivity (Wildman–Crippen MR) is 103 cm³/mol. The minimum Gasteiger partial charge on any atom is -0.492 e. The van der Waals surface area contributed by atoms with Crippen molar-refractivity contribution in [3.05, 3.63) is 41.0 Å². The monoisotopic (exact) mass is 399 g/mol. The smallest absolute Gasteiger partial charge is 0.231 e. The van der Waals surface area contributed by atoms with Gasteiger partial charge in [-0.1, -0.05) is 5.16 Å². The number of nitrogens with zero attached hydrogens (tertiary/aromatic N) is 1. The molecule has 5 rings (SSSR count). The van der Waals surface area contributed by atoms with Crippen molar-refractivity contribution >= 4 is 5.71 Å². The Balaban J connectivity index is 1.53. The lowest BCUT2D eigenvalue weighted by Gasteiger charge is -2.33. The van der Waals surface area contributed by atoms with Crippen LogP contribution in [0.15, 0.2) is 29.4 Å². The molecule has 2 atom stereocenters. The van der Waals surface area contributed by atoms with Crippen molar-refractivity contribution in [2.24, 2.45) is 5.16 Å². The van der Waals surface area contributed by atoms with Gasteiger partial charge in [0.25, 0.3) is 0 Å². The number of hydrogen-bond acceptors (Lipinski definition) is 7. The second-order valence-corrected chi connectivity index (χ2v) is 7.43. The fraction of sp³-hybridized carbons (Fsp3) is 0.381. The Kier molecular flexibility index (Phi) is 4.35. The molecule has 0 bridgehead atoms. The van der Waals surface area contributed by atoms with E-state index >= 15 is 0 Å². The van der Waals surface area contributed by atoms with Gasteiger partial charge in [0.2, 0.25) is 19.3 Å². The van der Waals surface area contributed by atoms with Gasteiger partial charge in [-0.25, -0.2) is 0 Å². The number of likely N-dealkylation sites (N-methyl/N-ethyl adjacent to an activating group) is 1. The minimum atomic E-state index is 0.0412. The number of benzene rings is 2. The highest BCUT2D eigenvalue weighted by atomic mass is 16.7. The Morgan fingerprint density at radius 1 is 1.14 bits per heavy atom. The average Bonchev–Trinajstić information content (AvgIpc) is 3.40. The fourth-order valence-corrected chi connectivity index (χ4v) is 4.38. The number of hydrogen-bond donors (Lipinski definition) is 2. The largest absolute Gasteiger partial charge is 0.492 e. The summed E-state index contributed by atoms with van der Waals surface area (Å²) in [5.41, 5.74) is 3.66. The Morgan fingerprint density at radius 3 is 2.76 bits per heavy atom. The Hall–Kier alpha value is -3.13. The first-order valence-electron chi connectivity index (χ1n) is 9.62. The Morgan fingerprint density at radius 2 is 1.93 bits per heavy atom. The molecular formula is C21H23N2O6+. The zero-order valence-electron chi connectivity index (χ0n) is 16.4. The van der Waals surface area contributed by atoms with E-state index < -0.39 is 0 Å². The second-order valence-electron chi connectivity index (χ2n) is 7.43. The molecule has 0 spiro atoms. The summed E-state index contributed by atoms with van der Waals surface area (Å²) in [5, 5.41) is 13.4. The molecule has 2 aromatic carbocycles. The summed E-state index contributed by atoms with van der Waals surface area (Å²) >= 11 is 0. The summed E-state index contributed by atoms with van der Waals surface area (Å²) < 4.78 is 27.9. The molecule has 0 aromatic heterocycles. The van der Waals surface area contributed by atoms with Crippen molar-refractivity contribution in [1.29, 1.82) is 0 Å². The Bertz CT molecular complexity index is 990. The van der Waals surface area contributed by atoms with E-state index in [0.717, 1.165) is 29.8 Å². The molecule has 3 aliphatic rings. The molecule has 0 saturated carbocycles. The first-order valence-corrected chi connectivity index (χ1v) is 9.62.